The molecule has 19 heavy (non-hydrogen) atoms. The first-order valence-electron chi connectivity index (χ1n) is 5.84. The molecule has 0 spiro atoms. The van der Waals surface area contributed by atoms with Crippen LogP contribution in [0.15, 0.2) is 22.2 Å². The molecule has 7 heteroatoms. The molecular formula is C12H15BrN4OS. The summed E-state index contributed by atoms with van der Waals surface area (Å²) in [6, 6.07) is 2.08. The highest BCUT2D eigenvalue weighted by Gasteiger charge is 2.11. The maximum Gasteiger partial charge on any atom is 0.204 e. The number of anilines is 2. The fraction of sp³-hybridized carbons (Fsp3) is 0.333. The third-order valence-corrected chi connectivity index (χ3v) is 4.10. The Morgan fingerprint density at radius 3 is 2.63 bits per heavy atom. The van der Waals surface area contributed by atoms with Gasteiger partial charge in [0, 0.05) is 21.3 Å². The molecule has 0 fully saturated rings. The summed E-state index contributed by atoms with van der Waals surface area (Å²) < 4.78 is 6.46. The molecule has 2 rings (SSSR count). The van der Waals surface area contributed by atoms with Gasteiger partial charge >= 0.3 is 0 Å². The van der Waals surface area contributed by atoms with E-state index in [1.807, 2.05) is 6.92 Å². The number of ether oxygens (including phenoxy) is 1. The third kappa shape index (κ3) is 3.57. The molecule has 0 saturated heterocycles. The lowest BCUT2D eigenvalue weighted by Crippen LogP contribution is -2.07. The van der Waals surface area contributed by atoms with E-state index < -0.39 is 0 Å². The fourth-order valence-electron chi connectivity index (χ4n) is 1.60. The molecule has 0 saturated carbocycles. The average molecular weight is 343 g/mol. The first-order valence-corrected chi connectivity index (χ1v) is 7.51. The van der Waals surface area contributed by atoms with Crippen molar-refractivity contribution in [3.63, 3.8) is 0 Å². The number of halogens is 1. The molecule has 5 nitrogen and oxygen atoms in total. The Morgan fingerprint density at radius 1 is 1.32 bits per heavy atom. The van der Waals surface area contributed by atoms with Crippen LogP contribution in [0, 0.1) is 0 Å². The van der Waals surface area contributed by atoms with E-state index in [4.69, 9.17) is 4.74 Å². The Bertz CT molecular complexity index is 546. The van der Waals surface area contributed by atoms with Crippen LogP contribution in [0.3, 0.4) is 0 Å². The minimum atomic E-state index is 0.639. The van der Waals surface area contributed by atoms with Gasteiger partial charge in [-0.2, -0.15) is 0 Å². The van der Waals surface area contributed by atoms with Gasteiger partial charge in [-0.3, -0.25) is 0 Å². The summed E-state index contributed by atoms with van der Waals surface area (Å²) >= 11 is 5.13. The normalized spacial score (nSPS) is 10.3. The van der Waals surface area contributed by atoms with Crippen molar-refractivity contribution < 1.29 is 4.74 Å². The zero-order valence-electron chi connectivity index (χ0n) is 10.7. The van der Waals surface area contributed by atoms with E-state index in [-0.39, 0.29) is 0 Å². The lowest BCUT2D eigenvalue weighted by atomic mass is 10.4. The smallest absolute Gasteiger partial charge is 0.204 e. The molecule has 2 heterocycles. The topological polar surface area (TPSA) is 59.1 Å². The average Bonchev–Trinajstić information content (AvgIpc) is 2.83. The SMILES string of the molecule is CCNc1ncnc(NCc2cc(Br)cs2)c1OC. The van der Waals surface area contributed by atoms with Crippen molar-refractivity contribution in [2.45, 2.75) is 13.5 Å². The van der Waals surface area contributed by atoms with Crippen molar-refractivity contribution in [3.8, 4) is 5.75 Å². The Labute approximate surface area is 124 Å². The molecule has 2 aromatic heterocycles. The van der Waals surface area contributed by atoms with Crippen LogP contribution in [0.25, 0.3) is 0 Å². The Kier molecular flexibility index (Phi) is 4.98. The number of nitrogens with one attached hydrogen (secondary N) is 2. The number of thiophene rings is 1. The predicted molar refractivity (Wildman–Crippen MR) is 82.1 cm³/mol. The quantitative estimate of drug-likeness (QED) is 0.842. The summed E-state index contributed by atoms with van der Waals surface area (Å²) in [6.07, 6.45) is 1.52. The number of hydrogen-bond donors (Lipinski definition) is 2. The molecule has 0 unspecified atom stereocenters. The number of aromatic nitrogens is 2. The monoisotopic (exact) mass is 342 g/mol. The van der Waals surface area contributed by atoms with Crippen molar-refractivity contribution >= 4 is 38.9 Å². The second kappa shape index (κ2) is 6.72. The van der Waals surface area contributed by atoms with Crippen LogP contribution < -0.4 is 15.4 Å². The summed E-state index contributed by atoms with van der Waals surface area (Å²) in [7, 11) is 1.62. The van der Waals surface area contributed by atoms with Crippen molar-refractivity contribution in [1.82, 2.24) is 9.97 Å². The van der Waals surface area contributed by atoms with Crippen LogP contribution >= 0.6 is 27.3 Å². The first kappa shape index (κ1) is 14.1. The van der Waals surface area contributed by atoms with E-state index in [2.05, 4.69) is 48.0 Å². The van der Waals surface area contributed by atoms with Gasteiger partial charge in [-0.1, -0.05) is 0 Å². The summed E-state index contributed by atoms with van der Waals surface area (Å²) in [5, 5.41) is 8.47. The number of nitrogens with zero attached hydrogens (tertiary/aromatic N) is 2. The zero-order valence-corrected chi connectivity index (χ0v) is 13.1. The van der Waals surface area contributed by atoms with Gasteiger partial charge < -0.3 is 15.4 Å². The first-order chi connectivity index (χ1) is 9.24. The lowest BCUT2D eigenvalue weighted by molar-refractivity contribution is 0.414. The molecule has 102 valence electrons. The molecule has 0 aliphatic carbocycles. The van der Waals surface area contributed by atoms with Crippen LogP contribution in [0.4, 0.5) is 11.6 Å². The molecule has 2 aromatic rings. The Hall–Kier alpha value is -1.34. The molecule has 0 aromatic carbocycles. The number of methoxy groups -OCH3 is 1. The second-order valence-electron chi connectivity index (χ2n) is 3.72. The van der Waals surface area contributed by atoms with Gasteiger partial charge in [0.15, 0.2) is 11.6 Å². The Balaban J connectivity index is 2.13. The van der Waals surface area contributed by atoms with E-state index >= 15 is 0 Å². The molecule has 0 atom stereocenters. The van der Waals surface area contributed by atoms with Crippen molar-refractivity contribution in [3.05, 3.63) is 27.1 Å². The van der Waals surface area contributed by atoms with E-state index in [9.17, 15) is 0 Å². The fourth-order valence-corrected chi connectivity index (χ4v) is 2.99. The van der Waals surface area contributed by atoms with E-state index in [1.165, 1.54) is 11.2 Å². The summed E-state index contributed by atoms with van der Waals surface area (Å²) in [5.41, 5.74) is 0. The van der Waals surface area contributed by atoms with Crippen molar-refractivity contribution in [2.24, 2.45) is 0 Å². The van der Waals surface area contributed by atoms with Crippen LogP contribution in [0.1, 0.15) is 11.8 Å². The van der Waals surface area contributed by atoms with Gasteiger partial charge in [-0.05, 0) is 28.9 Å². The minimum absolute atomic E-state index is 0.639. The molecule has 0 bridgehead atoms. The standard InChI is InChI=1S/C12H15BrN4OS/c1-3-14-11-10(18-2)12(17-7-16-11)15-5-9-4-8(13)6-19-9/h4,6-7H,3,5H2,1-2H3,(H2,14,15,16,17). The maximum atomic E-state index is 5.37. The van der Waals surface area contributed by atoms with Gasteiger partial charge in [0.2, 0.25) is 5.75 Å². The zero-order chi connectivity index (χ0) is 13.7. The largest absolute Gasteiger partial charge is 0.490 e. The van der Waals surface area contributed by atoms with Crippen LogP contribution in [-0.2, 0) is 6.54 Å². The predicted octanol–water partition coefficient (Wildman–Crippen LogP) is 3.35. The van der Waals surface area contributed by atoms with Crippen LogP contribution in [-0.4, -0.2) is 23.6 Å². The van der Waals surface area contributed by atoms with Crippen molar-refractivity contribution in [2.75, 3.05) is 24.3 Å². The maximum absolute atomic E-state index is 5.37. The molecule has 2 N–H and O–H groups in total. The van der Waals surface area contributed by atoms with E-state index in [1.54, 1.807) is 18.4 Å². The van der Waals surface area contributed by atoms with Gasteiger partial charge in [0.1, 0.15) is 6.33 Å². The van der Waals surface area contributed by atoms with Crippen molar-refractivity contribution in [1.29, 1.82) is 0 Å². The lowest BCUT2D eigenvalue weighted by Gasteiger charge is -2.12. The highest BCUT2D eigenvalue weighted by atomic mass is 79.9. The second-order valence-corrected chi connectivity index (χ2v) is 5.63. The van der Waals surface area contributed by atoms with Gasteiger partial charge in [-0.25, -0.2) is 9.97 Å². The van der Waals surface area contributed by atoms with Gasteiger partial charge in [0.25, 0.3) is 0 Å². The molecule has 0 amide bonds. The summed E-state index contributed by atoms with van der Waals surface area (Å²) in [5.74, 6) is 2.04. The number of hydrogen-bond acceptors (Lipinski definition) is 6. The highest BCUT2D eigenvalue weighted by molar-refractivity contribution is 9.10. The molecular weight excluding hydrogens is 328 g/mol. The van der Waals surface area contributed by atoms with Gasteiger partial charge in [0.05, 0.1) is 13.7 Å². The van der Waals surface area contributed by atoms with E-state index in [0.29, 0.717) is 23.9 Å². The molecule has 0 radical (unpaired) electrons. The van der Waals surface area contributed by atoms with Crippen LogP contribution in [0.2, 0.25) is 0 Å². The molecule has 0 aliphatic rings. The minimum Gasteiger partial charge on any atom is -0.490 e. The summed E-state index contributed by atoms with van der Waals surface area (Å²) in [6.45, 7) is 3.50. The van der Waals surface area contributed by atoms with Gasteiger partial charge in [-0.15, -0.1) is 11.3 Å². The summed E-state index contributed by atoms with van der Waals surface area (Å²) in [4.78, 5) is 9.61. The third-order valence-electron chi connectivity index (χ3n) is 2.40. The highest BCUT2D eigenvalue weighted by Crippen LogP contribution is 2.29. The van der Waals surface area contributed by atoms with Crippen LogP contribution in [0.5, 0.6) is 5.75 Å². The number of rotatable bonds is 6. The van der Waals surface area contributed by atoms with E-state index in [0.717, 1.165) is 11.0 Å². The molecule has 0 aliphatic heterocycles. The Morgan fingerprint density at radius 2 is 2.05 bits per heavy atom.